The van der Waals surface area contributed by atoms with E-state index in [4.69, 9.17) is 4.74 Å². The number of carbonyl (C=O) groups is 1. The highest BCUT2D eigenvalue weighted by molar-refractivity contribution is 5.85. The molecule has 1 aromatic rings. The Morgan fingerprint density at radius 3 is 2.90 bits per heavy atom. The predicted octanol–water partition coefficient (Wildman–Crippen LogP) is 0.241. The monoisotopic (exact) mass is 281 g/mol. The van der Waals surface area contributed by atoms with E-state index in [-0.39, 0.29) is 5.82 Å². The van der Waals surface area contributed by atoms with Crippen LogP contribution in [-0.4, -0.2) is 60.6 Å². The van der Waals surface area contributed by atoms with Gasteiger partial charge in [-0.05, 0) is 6.07 Å². The molecule has 2 heterocycles. The molecule has 1 saturated heterocycles. The van der Waals surface area contributed by atoms with Gasteiger partial charge in [0.05, 0.1) is 12.7 Å². The van der Waals surface area contributed by atoms with Crippen LogP contribution >= 0.6 is 0 Å². The lowest BCUT2D eigenvalue weighted by Gasteiger charge is -2.35. The summed E-state index contributed by atoms with van der Waals surface area (Å²) in [6.07, 6.45) is 2.68. The standard InChI is InChI=1S/C13H19N3O4/c1-16(9-13(18)4-7-20-8-5-13)10-3-6-14-11(15-10)12(17)19-2/h3,6,18H,4-5,7-9H2,1-2H3. The third-order valence-electron chi connectivity index (χ3n) is 3.35. The Balaban J connectivity index is 2.08. The summed E-state index contributed by atoms with van der Waals surface area (Å²) in [6, 6.07) is 1.69. The molecule has 0 radical (unpaired) electrons. The van der Waals surface area contributed by atoms with Gasteiger partial charge in [0, 0.05) is 45.8 Å². The van der Waals surface area contributed by atoms with Crippen LogP contribution in [-0.2, 0) is 9.47 Å². The first-order valence-corrected chi connectivity index (χ1v) is 6.47. The van der Waals surface area contributed by atoms with Crippen molar-refractivity contribution >= 4 is 11.8 Å². The fraction of sp³-hybridized carbons (Fsp3) is 0.615. The van der Waals surface area contributed by atoms with Crippen LogP contribution in [0.4, 0.5) is 5.82 Å². The third kappa shape index (κ3) is 3.43. The molecule has 0 aromatic carbocycles. The predicted molar refractivity (Wildman–Crippen MR) is 71.6 cm³/mol. The molecule has 110 valence electrons. The average molecular weight is 281 g/mol. The number of likely N-dealkylation sites (N-methyl/N-ethyl adjacent to an activating group) is 1. The Morgan fingerprint density at radius 2 is 2.25 bits per heavy atom. The number of nitrogens with zero attached hydrogens (tertiary/aromatic N) is 3. The summed E-state index contributed by atoms with van der Waals surface area (Å²) in [5, 5.41) is 10.5. The molecule has 7 nitrogen and oxygen atoms in total. The van der Waals surface area contributed by atoms with Gasteiger partial charge >= 0.3 is 5.97 Å². The lowest BCUT2D eigenvalue weighted by atomic mass is 9.94. The topological polar surface area (TPSA) is 84.8 Å². The zero-order valence-electron chi connectivity index (χ0n) is 11.7. The SMILES string of the molecule is COC(=O)c1nccc(N(C)CC2(O)CCOCC2)n1. The van der Waals surface area contributed by atoms with Crippen LogP contribution in [0.1, 0.15) is 23.5 Å². The number of rotatable bonds is 4. The molecule has 1 N–H and O–H groups in total. The normalized spacial score (nSPS) is 17.6. The quantitative estimate of drug-likeness (QED) is 0.791. The molecule has 0 saturated carbocycles. The Morgan fingerprint density at radius 1 is 1.55 bits per heavy atom. The summed E-state index contributed by atoms with van der Waals surface area (Å²) in [5.41, 5.74) is -0.788. The molecule has 1 aliphatic heterocycles. The Hall–Kier alpha value is -1.73. The minimum absolute atomic E-state index is 0.0100. The van der Waals surface area contributed by atoms with E-state index in [1.54, 1.807) is 11.0 Å². The molecule has 1 aromatic heterocycles. The van der Waals surface area contributed by atoms with Crippen LogP contribution < -0.4 is 4.90 Å². The maximum Gasteiger partial charge on any atom is 0.376 e. The first kappa shape index (κ1) is 14.7. The Labute approximate surface area is 117 Å². The number of ether oxygens (including phenoxy) is 2. The Bertz CT molecular complexity index is 474. The lowest BCUT2D eigenvalue weighted by molar-refractivity contribution is -0.0573. The number of methoxy groups -OCH3 is 1. The van der Waals surface area contributed by atoms with Gasteiger partial charge in [-0.25, -0.2) is 14.8 Å². The van der Waals surface area contributed by atoms with Crippen molar-refractivity contribution in [3.63, 3.8) is 0 Å². The van der Waals surface area contributed by atoms with E-state index in [1.165, 1.54) is 13.3 Å². The molecule has 0 aliphatic carbocycles. The van der Waals surface area contributed by atoms with E-state index in [1.807, 2.05) is 7.05 Å². The van der Waals surface area contributed by atoms with Gasteiger partial charge in [-0.15, -0.1) is 0 Å². The minimum atomic E-state index is -0.788. The summed E-state index contributed by atoms with van der Waals surface area (Å²) in [4.78, 5) is 21.2. The largest absolute Gasteiger partial charge is 0.463 e. The van der Waals surface area contributed by atoms with Gasteiger partial charge in [-0.2, -0.15) is 0 Å². The fourth-order valence-corrected chi connectivity index (χ4v) is 2.18. The molecule has 20 heavy (non-hydrogen) atoms. The van der Waals surface area contributed by atoms with Gasteiger partial charge in [0.2, 0.25) is 5.82 Å². The van der Waals surface area contributed by atoms with Crippen molar-refractivity contribution in [3.8, 4) is 0 Å². The summed E-state index contributed by atoms with van der Waals surface area (Å²) in [7, 11) is 3.10. The highest BCUT2D eigenvalue weighted by Crippen LogP contribution is 2.23. The fourth-order valence-electron chi connectivity index (χ4n) is 2.18. The van der Waals surface area contributed by atoms with Crippen molar-refractivity contribution in [1.29, 1.82) is 0 Å². The van der Waals surface area contributed by atoms with Gasteiger partial charge in [-0.3, -0.25) is 0 Å². The number of hydrogen-bond acceptors (Lipinski definition) is 7. The van der Waals surface area contributed by atoms with Gasteiger partial charge in [0.1, 0.15) is 5.82 Å². The van der Waals surface area contributed by atoms with Crippen LogP contribution in [0.5, 0.6) is 0 Å². The minimum Gasteiger partial charge on any atom is -0.463 e. The Kier molecular flexibility index (Phi) is 4.51. The van der Waals surface area contributed by atoms with Crippen molar-refractivity contribution in [2.75, 3.05) is 38.8 Å². The van der Waals surface area contributed by atoms with E-state index in [2.05, 4.69) is 14.7 Å². The maximum absolute atomic E-state index is 11.4. The van der Waals surface area contributed by atoms with Crippen molar-refractivity contribution in [2.24, 2.45) is 0 Å². The van der Waals surface area contributed by atoms with Gasteiger partial charge in [-0.1, -0.05) is 0 Å². The zero-order chi connectivity index (χ0) is 14.6. The van der Waals surface area contributed by atoms with Crippen LogP contribution in [0.2, 0.25) is 0 Å². The second-order valence-corrected chi connectivity index (χ2v) is 4.92. The number of aromatic nitrogens is 2. The van der Waals surface area contributed by atoms with Crippen molar-refractivity contribution in [3.05, 3.63) is 18.1 Å². The van der Waals surface area contributed by atoms with Crippen LogP contribution in [0, 0.1) is 0 Å². The smallest absolute Gasteiger partial charge is 0.376 e. The molecule has 0 atom stereocenters. The first-order valence-electron chi connectivity index (χ1n) is 6.47. The van der Waals surface area contributed by atoms with E-state index in [9.17, 15) is 9.90 Å². The average Bonchev–Trinajstić information content (AvgIpc) is 2.47. The third-order valence-corrected chi connectivity index (χ3v) is 3.35. The summed E-state index contributed by atoms with van der Waals surface area (Å²) in [5.74, 6) is 0.00108. The number of hydrogen-bond donors (Lipinski definition) is 1. The molecular formula is C13H19N3O4. The number of carbonyl (C=O) groups excluding carboxylic acids is 1. The van der Waals surface area contributed by atoms with Gasteiger partial charge < -0.3 is 19.5 Å². The number of aliphatic hydroxyl groups is 1. The first-order chi connectivity index (χ1) is 9.54. The highest BCUT2D eigenvalue weighted by atomic mass is 16.5. The van der Waals surface area contributed by atoms with E-state index < -0.39 is 11.6 Å². The summed E-state index contributed by atoms with van der Waals surface area (Å²) in [6.45, 7) is 1.54. The maximum atomic E-state index is 11.4. The van der Waals surface area contributed by atoms with Crippen molar-refractivity contribution in [2.45, 2.75) is 18.4 Å². The molecule has 0 unspecified atom stereocenters. The second kappa shape index (κ2) is 6.15. The van der Waals surface area contributed by atoms with Gasteiger partial charge in [0.25, 0.3) is 0 Å². The summed E-state index contributed by atoms with van der Waals surface area (Å²) < 4.78 is 9.84. The molecule has 7 heteroatoms. The van der Waals surface area contributed by atoms with Crippen molar-refractivity contribution in [1.82, 2.24) is 9.97 Å². The molecule has 2 rings (SSSR count). The van der Waals surface area contributed by atoms with Crippen LogP contribution in [0.3, 0.4) is 0 Å². The van der Waals surface area contributed by atoms with E-state index >= 15 is 0 Å². The van der Waals surface area contributed by atoms with Gasteiger partial charge in [0.15, 0.2) is 0 Å². The van der Waals surface area contributed by atoms with Crippen LogP contribution in [0.15, 0.2) is 12.3 Å². The van der Waals surface area contributed by atoms with Crippen LogP contribution in [0.25, 0.3) is 0 Å². The summed E-state index contributed by atoms with van der Waals surface area (Å²) >= 11 is 0. The highest BCUT2D eigenvalue weighted by Gasteiger charge is 2.31. The molecule has 0 spiro atoms. The van der Waals surface area contributed by atoms with E-state index in [0.717, 1.165) is 0 Å². The lowest BCUT2D eigenvalue weighted by Crippen LogP contribution is -2.46. The molecular weight excluding hydrogens is 262 g/mol. The molecule has 0 amide bonds. The van der Waals surface area contributed by atoms with E-state index in [0.29, 0.717) is 38.4 Å². The zero-order valence-corrected chi connectivity index (χ0v) is 11.7. The van der Waals surface area contributed by atoms with Crippen molar-refractivity contribution < 1.29 is 19.4 Å². The molecule has 1 fully saturated rings. The molecule has 0 bridgehead atoms. The number of esters is 1. The second-order valence-electron chi connectivity index (χ2n) is 4.92. The molecule has 1 aliphatic rings. The number of anilines is 1.